The summed E-state index contributed by atoms with van der Waals surface area (Å²) in [5.41, 5.74) is -0.00928. The van der Waals surface area contributed by atoms with Gasteiger partial charge in [0, 0.05) is 19.3 Å². The van der Waals surface area contributed by atoms with E-state index in [1.54, 1.807) is 6.20 Å². The van der Waals surface area contributed by atoms with E-state index in [9.17, 15) is 4.79 Å². The van der Waals surface area contributed by atoms with Crippen LogP contribution in [0, 0.1) is 0 Å². The van der Waals surface area contributed by atoms with Gasteiger partial charge in [-0.1, -0.05) is 0 Å². The Morgan fingerprint density at radius 3 is 2.60 bits per heavy atom. The Balaban J connectivity index is 3.43. The fourth-order valence-corrected chi connectivity index (χ4v) is 1.31. The van der Waals surface area contributed by atoms with E-state index in [0.29, 0.717) is 4.47 Å². The zero-order valence-corrected chi connectivity index (χ0v) is 8.44. The van der Waals surface area contributed by atoms with E-state index >= 15 is 0 Å². The molecule has 0 N–H and O–H groups in total. The lowest BCUT2D eigenvalue weighted by Crippen LogP contribution is -2.05. The quantitative estimate of drug-likeness (QED) is 0.658. The van der Waals surface area contributed by atoms with Crippen LogP contribution in [0.25, 0.3) is 0 Å². The molecule has 0 aromatic carbocycles. The fraction of sp³-hybridized carbons (Fsp3) is 0.167. The summed E-state index contributed by atoms with van der Waals surface area (Å²) in [6.45, 7) is 0. The van der Waals surface area contributed by atoms with Gasteiger partial charge in [-0.15, -0.1) is 0 Å². The minimum Gasteiger partial charge on any atom is -0.344 e. The van der Waals surface area contributed by atoms with Crippen LogP contribution in [0.5, 0.6) is 0 Å². The van der Waals surface area contributed by atoms with Gasteiger partial charge in [-0.2, -0.15) is 0 Å². The van der Waals surface area contributed by atoms with Gasteiger partial charge in [0.15, 0.2) is 5.43 Å². The van der Waals surface area contributed by atoms with Crippen molar-refractivity contribution in [2.24, 2.45) is 7.05 Å². The highest BCUT2D eigenvalue weighted by Crippen LogP contribution is 2.08. The van der Waals surface area contributed by atoms with Crippen molar-refractivity contribution in [3.63, 3.8) is 0 Å². The van der Waals surface area contributed by atoms with E-state index in [4.69, 9.17) is 0 Å². The predicted molar refractivity (Wildman–Crippen MR) is 47.1 cm³/mol. The number of nitrogens with zero attached hydrogens (tertiary/aromatic N) is 1. The van der Waals surface area contributed by atoms with E-state index in [1.807, 2.05) is 11.6 Å². The lowest BCUT2D eigenvalue weighted by molar-refractivity contribution is 0.866. The molecule has 0 amide bonds. The van der Waals surface area contributed by atoms with Crippen LogP contribution in [0.2, 0.25) is 0 Å². The van der Waals surface area contributed by atoms with Crippen LogP contribution in [0.3, 0.4) is 0 Å². The van der Waals surface area contributed by atoms with Crippen LogP contribution in [0.4, 0.5) is 0 Å². The molecule has 0 saturated carbocycles. The van der Waals surface area contributed by atoms with Gasteiger partial charge in [0.2, 0.25) is 0 Å². The Hall–Kier alpha value is -0.0900. The molecule has 0 saturated heterocycles. The first-order valence-corrected chi connectivity index (χ1v) is 4.21. The zero-order chi connectivity index (χ0) is 7.72. The highest BCUT2D eigenvalue weighted by Gasteiger charge is 1.96. The van der Waals surface area contributed by atoms with Crippen molar-refractivity contribution < 1.29 is 0 Å². The molecule has 0 aliphatic carbocycles. The Morgan fingerprint density at radius 2 is 2.10 bits per heavy atom. The highest BCUT2D eigenvalue weighted by atomic mass is 79.9. The van der Waals surface area contributed by atoms with E-state index in [2.05, 4.69) is 31.9 Å². The monoisotopic (exact) mass is 265 g/mol. The normalized spacial score (nSPS) is 9.90. The van der Waals surface area contributed by atoms with Crippen molar-refractivity contribution in [3.8, 4) is 0 Å². The smallest absolute Gasteiger partial charge is 0.196 e. The van der Waals surface area contributed by atoms with Gasteiger partial charge in [-0.25, -0.2) is 0 Å². The largest absolute Gasteiger partial charge is 0.344 e. The summed E-state index contributed by atoms with van der Waals surface area (Å²) < 4.78 is 3.17. The van der Waals surface area contributed by atoms with Crippen LogP contribution in [0.15, 0.2) is 26.1 Å². The second-order valence-corrected chi connectivity index (χ2v) is 3.59. The summed E-state index contributed by atoms with van der Waals surface area (Å²) in [5, 5.41) is 0. The van der Waals surface area contributed by atoms with Crippen LogP contribution < -0.4 is 5.43 Å². The topological polar surface area (TPSA) is 22.0 Å². The number of pyridine rings is 1. The molecule has 1 heterocycles. The first kappa shape index (κ1) is 8.01. The summed E-state index contributed by atoms with van der Waals surface area (Å²) in [4.78, 5) is 10.9. The van der Waals surface area contributed by atoms with Gasteiger partial charge in [0.05, 0.1) is 9.08 Å². The molecule has 1 aromatic heterocycles. The second-order valence-electron chi connectivity index (χ2n) is 1.92. The molecule has 0 fully saturated rings. The molecule has 0 radical (unpaired) electrons. The molecule has 1 rings (SSSR count). The molecule has 0 atom stereocenters. The highest BCUT2D eigenvalue weighted by molar-refractivity contribution is 9.11. The molecule has 0 unspecified atom stereocenters. The van der Waals surface area contributed by atoms with Crippen molar-refractivity contribution in [3.05, 3.63) is 31.6 Å². The van der Waals surface area contributed by atoms with Crippen molar-refractivity contribution >= 4 is 31.9 Å². The Labute approximate surface area is 75.1 Å². The fourth-order valence-electron chi connectivity index (χ4n) is 0.574. The average molecular weight is 267 g/mol. The number of aromatic nitrogens is 1. The summed E-state index contributed by atoms with van der Waals surface area (Å²) >= 11 is 6.35. The first-order valence-electron chi connectivity index (χ1n) is 2.63. The molecule has 0 bridgehead atoms. The molecule has 1 aromatic rings. The third kappa shape index (κ3) is 1.49. The molecule has 10 heavy (non-hydrogen) atoms. The zero-order valence-electron chi connectivity index (χ0n) is 5.27. The standard InChI is InChI=1S/C6H5Br2NO/c1-9-3-4(7)5(10)2-6(9)8/h2-3H,1H3. The molecule has 2 nitrogen and oxygen atoms in total. The van der Waals surface area contributed by atoms with E-state index in [0.717, 1.165) is 4.60 Å². The van der Waals surface area contributed by atoms with Crippen LogP contribution in [-0.4, -0.2) is 4.57 Å². The van der Waals surface area contributed by atoms with Crippen molar-refractivity contribution in [1.82, 2.24) is 4.57 Å². The summed E-state index contributed by atoms with van der Waals surface area (Å²) in [7, 11) is 1.86. The van der Waals surface area contributed by atoms with Gasteiger partial charge in [-0.3, -0.25) is 4.79 Å². The lowest BCUT2D eigenvalue weighted by Gasteiger charge is -2.00. The number of hydrogen-bond donors (Lipinski definition) is 0. The van der Waals surface area contributed by atoms with Gasteiger partial charge in [0.1, 0.15) is 0 Å². The maximum absolute atomic E-state index is 10.9. The van der Waals surface area contributed by atoms with Gasteiger partial charge in [-0.05, 0) is 31.9 Å². The molecule has 0 aliphatic heterocycles. The molecule has 54 valence electrons. The maximum Gasteiger partial charge on any atom is 0.196 e. The van der Waals surface area contributed by atoms with Crippen LogP contribution in [0.1, 0.15) is 0 Å². The lowest BCUT2D eigenvalue weighted by atomic mass is 10.5. The van der Waals surface area contributed by atoms with Gasteiger partial charge in [0.25, 0.3) is 0 Å². The molecule has 0 spiro atoms. The SMILES string of the molecule is Cn1cc(Br)c(=O)cc1Br. The van der Waals surface area contributed by atoms with Crippen molar-refractivity contribution in [2.45, 2.75) is 0 Å². The van der Waals surface area contributed by atoms with E-state index in [-0.39, 0.29) is 5.43 Å². The summed E-state index contributed by atoms with van der Waals surface area (Å²) in [6, 6.07) is 1.52. The van der Waals surface area contributed by atoms with Crippen molar-refractivity contribution in [2.75, 3.05) is 0 Å². The van der Waals surface area contributed by atoms with Gasteiger partial charge >= 0.3 is 0 Å². The van der Waals surface area contributed by atoms with E-state index in [1.165, 1.54) is 6.07 Å². The Bertz CT molecular complexity index is 305. The third-order valence-electron chi connectivity index (χ3n) is 1.13. The predicted octanol–water partition coefficient (Wildman–Crippen LogP) is 1.91. The molecule has 4 heteroatoms. The number of rotatable bonds is 0. The van der Waals surface area contributed by atoms with Crippen LogP contribution in [-0.2, 0) is 7.05 Å². The number of aryl methyl sites for hydroxylation is 1. The first-order chi connectivity index (χ1) is 4.61. The van der Waals surface area contributed by atoms with Gasteiger partial charge < -0.3 is 4.57 Å². The number of hydrogen-bond acceptors (Lipinski definition) is 1. The third-order valence-corrected chi connectivity index (χ3v) is 2.51. The average Bonchev–Trinajstić information content (AvgIpc) is 1.84. The number of halogens is 2. The summed E-state index contributed by atoms with van der Waals surface area (Å²) in [5.74, 6) is 0. The minimum atomic E-state index is -0.00928. The minimum absolute atomic E-state index is 0.00928. The van der Waals surface area contributed by atoms with Crippen molar-refractivity contribution in [1.29, 1.82) is 0 Å². The molecular formula is C6H5Br2NO. The summed E-state index contributed by atoms with van der Waals surface area (Å²) in [6.07, 6.45) is 1.71. The Morgan fingerprint density at radius 1 is 1.50 bits per heavy atom. The molecule has 0 aliphatic rings. The van der Waals surface area contributed by atoms with E-state index < -0.39 is 0 Å². The second kappa shape index (κ2) is 2.88. The maximum atomic E-state index is 10.9. The molecular weight excluding hydrogens is 262 g/mol. The van der Waals surface area contributed by atoms with Crippen LogP contribution >= 0.6 is 31.9 Å². The Kier molecular flexibility index (Phi) is 2.31.